The first-order chi connectivity index (χ1) is 6.62. The predicted octanol–water partition coefficient (Wildman–Crippen LogP) is 4.14. The number of hydrogen-bond donors (Lipinski definition) is 1. The molecule has 1 nitrogen and oxygen atoms in total. The van der Waals surface area contributed by atoms with E-state index >= 15 is 0 Å². The molecule has 15 heavy (non-hydrogen) atoms. The number of halogens is 3. The zero-order valence-corrected chi connectivity index (χ0v) is 10.6. The first-order valence-electron chi connectivity index (χ1n) is 4.86. The standard InChI is InChI=1S/C11H13Cl2N.ClH/c12-8-3-4-10(13)9(7-8)11(14)5-1-2-6-11;/h3-4,7H,1-2,5-6,14H2;1H. The van der Waals surface area contributed by atoms with Gasteiger partial charge in [0, 0.05) is 15.6 Å². The van der Waals surface area contributed by atoms with Crippen LogP contribution in [-0.2, 0) is 5.54 Å². The Morgan fingerprint density at radius 1 is 1.13 bits per heavy atom. The molecule has 1 fully saturated rings. The van der Waals surface area contributed by atoms with Crippen molar-refractivity contribution in [1.82, 2.24) is 0 Å². The van der Waals surface area contributed by atoms with Crippen molar-refractivity contribution in [1.29, 1.82) is 0 Å². The van der Waals surface area contributed by atoms with Gasteiger partial charge in [0.2, 0.25) is 0 Å². The van der Waals surface area contributed by atoms with Gasteiger partial charge in [-0.25, -0.2) is 0 Å². The van der Waals surface area contributed by atoms with Crippen LogP contribution in [0.3, 0.4) is 0 Å². The fourth-order valence-electron chi connectivity index (χ4n) is 2.15. The average molecular weight is 267 g/mol. The Kier molecular flexibility index (Phi) is 4.30. The average Bonchev–Trinajstić information content (AvgIpc) is 2.58. The summed E-state index contributed by atoms with van der Waals surface area (Å²) in [7, 11) is 0. The molecule has 0 unspecified atom stereocenters. The Hall–Kier alpha value is 0.0500. The van der Waals surface area contributed by atoms with Gasteiger partial charge in [-0.15, -0.1) is 12.4 Å². The smallest absolute Gasteiger partial charge is 0.0457 e. The molecule has 0 atom stereocenters. The number of rotatable bonds is 1. The van der Waals surface area contributed by atoms with Crippen LogP contribution in [0.1, 0.15) is 31.2 Å². The van der Waals surface area contributed by atoms with Crippen LogP contribution in [0.2, 0.25) is 10.0 Å². The van der Waals surface area contributed by atoms with E-state index in [1.807, 2.05) is 12.1 Å². The highest BCUT2D eigenvalue weighted by molar-refractivity contribution is 6.33. The van der Waals surface area contributed by atoms with Crippen molar-refractivity contribution >= 4 is 35.6 Å². The molecule has 0 saturated heterocycles. The molecule has 0 amide bonds. The molecule has 0 heterocycles. The van der Waals surface area contributed by atoms with Crippen LogP contribution in [0, 0.1) is 0 Å². The third-order valence-corrected chi connectivity index (χ3v) is 3.53. The van der Waals surface area contributed by atoms with E-state index in [0.29, 0.717) is 5.02 Å². The van der Waals surface area contributed by atoms with Gasteiger partial charge in [-0.2, -0.15) is 0 Å². The zero-order valence-electron chi connectivity index (χ0n) is 8.30. The fourth-order valence-corrected chi connectivity index (χ4v) is 2.63. The fraction of sp³-hybridized carbons (Fsp3) is 0.455. The Morgan fingerprint density at radius 3 is 2.33 bits per heavy atom. The third kappa shape index (κ3) is 2.59. The van der Waals surface area contributed by atoms with Gasteiger partial charge in [0.1, 0.15) is 0 Å². The van der Waals surface area contributed by atoms with Gasteiger partial charge in [-0.1, -0.05) is 36.0 Å². The minimum atomic E-state index is -0.248. The van der Waals surface area contributed by atoms with Crippen molar-refractivity contribution in [2.75, 3.05) is 0 Å². The molecule has 2 rings (SSSR count). The number of nitrogens with two attached hydrogens (primary N) is 1. The highest BCUT2D eigenvalue weighted by atomic mass is 35.5. The van der Waals surface area contributed by atoms with E-state index in [4.69, 9.17) is 28.9 Å². The lowest BCUT2D eigenvalue weighted by Crippen LogP contribution is -2.33. The summed E-state index contributed by atoms with van der Waals surface area (Å²) in [4.78, 5) is 0. The van der Waals surface area contributed by atoms with Crippen LogP contribution in [0.4, 0.5) is 0 Å². The summed E-state index contributed by atoms with van der Waals surface area (Å²) < 4.78 is 0. The zero-order chi connectivity index (χ0) is 10.2. The first-order valence-corrected chi connectivity index (χ1v) is 5.62. The van der Waals surface area contributed by atoms with Gasteiger partial charge in [0.05, 0.1) is 0 Å². The van der Waals surface area contributed by atoms with Crippen LogP contribution in [0.5, 0.6) is 0 Å². The van der Waals surface area contributed by atoms with E-state index in [1.54, 1.807) is 6.07 Å². The second-order valence-corrected chi connectivity index (χ2v) is 4.83. The normalized spacial score (nSPS) is 18.6. The summed E-state index contributed by atoms with van der Waals surface area (Å²) in [6.45, 7) is 0. The summed E-state index contributed by atoms with van der Waals surface area (Å²) in [5, 5.41) is 1.44. The topological polar surface area (TPSA) is 26.0 Å². The molecule has 1 saturated carbocycles. The van der Waals surface area contributed by atoms with E-state index in [9.17, 15) is 0 Å². The molecule has 1 aliphatic rings. The Bertz CT molecular complexity index is 346. The van der Waals surface area contributed by atoms with E-state index in [0.717, 1.165) is 23.4 Å². The number of benzene rings is 1. The van der Waals surface area contributed by atoms with Crippen LogP contribution < -0.4 is 5.73 Å². The minimum Gasteiger partial charge on any atom is -0.321 e. The van der Waals surface area contributed by atoms with Crippen molar-refractivity contribution in [2.24, 2.45) is 5.73 Å². The summed E-state index contributed by atoms with van der Waals surface area (Å²) in [5.74, 6) is 0. The Balaban J connectivity index is 0.00000112. The maximum absolute atomic E-state index is 6.31. The van der Waals surface area contributed by atoms with Crippen molar-refractivity contribution < 1.29 is 0 Å². The predicted molar refractivity (Wildman–Crippen MR) is 68.0 cm³/mol. The largest absolute Gasteiger partial charge is 0.321 e. The van der Waals surface area contributed by atoms with Gasteiger partial charge in [0.25, 0.3) is 0 Å². The molecular formula is C11H14Cl3N. The molecule has 1 aromatic rings. The molecule has 0 aromatic heterocycles. The molecule has 0 bridgehead atoms. The molecule has 0 aliphatic heterocycles. The van der Waals surface area contributed by atoms with Crippen molar-refractivity contribution in [3.8, 4) is 0 Å². The second-order valence-electron chi connectivity index (χ2n) is 3.99. The van der Waals surface area contributed by atoms with Gasteiger partial charge in [0.15, 0.2) is 0 Å². The quantitative estimate of drug-likeness (QED) is 0.812. The SMILES string of the molecule is Cl.NC1(c2cc(Cl)ccc2Cl)CCCC1. The van der Waals surface area contributed by atoms with Crippen molar-refractivity contribution in [3.05, 3.63) is 33.8 Å². The highest BCUT2D eigenvalue weighted by Crippen LogP contribution is 2.40. The minimum absolute atomic E-state index is 0. The molecule has 4 heteroatoms. The van der Waals surface area contributed by atoms with Gasteiger partial charge >= 0.3 is 0 Å². The highest BCUT2D eigenvalue weighted by Gasteiger charge is 2.32. The van der Waals surface area contributed by atoms with E-state index in [1.165, 1.54) is 12.8 Å². The molecule has 84 valence electrons. The van der Waals surface area contributed by atoms with Gasteiger partial charge in [-0.3, -0.25) is 0 Å². The summed E-state index contributed by atoms with van der Waals surface area (Å²) in [6, 6.07) is 5.52. The molecule has 0 spiro atoms. The lowest BCUT2D eigenvalue weighted by atomic mass is 9.89. The van der Waals surface area contributed by atoms with E-state index in [2.05, 4.69) is 0 Å². The Labute approximate surface area is 106 Å². The lowest BCUT2D eigenvalue weighted by molar-refractivity contribution is 0.462. The number of hydrogen-bond acceptors (Lipinski definition) is 1. The van der Waals surface area contributed by atoms with Gasteiger partial charge in [-0.05, 0) is 36.6 Å². The summed E-state index contributed by atoms with van der Waals surface area (Å²) in [5.41, 5.74) is 7.06. The van der Waals surface area contributed by atoms with Crippen molar-refractivity contribution in [3.63, 3.8) is 0 Å². The third-order valence-electron chi connectivity index (χ3n) is 2.96. The maximum Gasteiger partial charge on any atom is 0.0457 e. The van der Waals surface area contributed by atoms with E-state index in [-0.39, 0.29) is 17.9 Å². The second kappa shape index (κ2) is 4.92. The molecule has 0 radical (unpaired) electrons. The van der Waals surface area contributed by atoms with Crippen LogP contribution >= 0.6 is 35.6 Å². The molecular weight excluding hydrogens is 252 g/mol. The van der Waals surface area contributed by atoms with Crippen molar-refractivity contribution in [2.45, 2.75) is 31.2 Å². The maximum atomic E-state index is 6.31. The molecule has 2 N–H and O–H groups in total. The van der Waals surface area contributed by atoms with Gasteiger partial charge < -0.3 is 5.73 Å². The summed E-state index contributed by atoms with van der Waals surface area (Å²) in [6.07, 6.45) is 4.37. The first kappa shape index (κ1) is 13.1. The molecule has 1 aromatic carbocycles. The van der Waals surface area contributed by atoms with E-state index < -0.39 is 0 Å². The lowest BCUT2D eigenvalue weighted by Gasteiger charge is -2.25. The van der Waals surface area contributed by atoms with Crippen LogP contribution in [-0.4, -0.2) is 0 Å². The van der Waals surface area contributed by atoms with Crippen LogP contribution in [0.15, 0.2) is 18.2 Å². The Morgan fingerprint density at radius 2 is 1.73 bits per heavy atom. The van der Waals surface area contributed by atoms with Crippen LogP contribution in [0.25, 0.3) is 0 Å². The molecule has 1 aliphatic carbocycles. The monoisotopic (exact) mass is 265 g/mol. The summed E-state index contributed by atoms with van der Waals surface area (Å²) >= 11 is 12.1.